The maximum Gasteiger partial charge on any atom is 0.178 e. The second kappa shape index (κ2) is 6.56. The Morgan fingerprint density at radius 1 is 1.10 bits per heavy atom. The van der Waals surface area contributed by atoms with Crippen LogP contribution in [0.25, 0.3) is 0 Å². The number of hydrogen-bond donors (Lipinski definition) is 1. The maximum absolute atomic E-state index is 12.2. The summed E-state index contributed by atoms with van der Waals surface area (Å²) in [7, 11) is -1.07. The van der Waals surface area contributed by atoms with E-state index in [1.807, 2.05) is 0 Å². The van der Waals surface area contributed by atoms with Gasteiger partial charge in [0.2, 0.25) is 0 Å². The zero-order valence-corrected chi connectivity index (χ0v) is 12.8. The van der Waals surface area contributed by atoms with Crippen molar-refractivity contribution in [1.82, 2.24) is 9.80 Å². The van der Waals surface area contributed by atoms with Crippen LogP contribution < -0.4 is 5.73 Å². The third kappa shape index (κ3) is 4.19. The van der Waals surface area contributed by atoms with Crippen molar-refractivity contribution in [3.05, 3.63) is 24.3 Å². The third-order valence-corrected chi connectivity index (χ3v) is 5.54. The molecule has 0 amide bonds. The SMILES string of the molecule is CN1CCN(CCCS(=O)(=O)c2ccc(N)cc2)CC1. The molecule has 1 saturated heterocycles. The topological polar surface area (TPSA) is 66.6 Å². The molecule has 5 nitrogen and oxygen atoms in total. The predicted octanol–water partition coefficient (Wildman–Crippen LogP) is 0.680. The van der Waals surface area contributed by atoms with E-state index >= 15 is 0 Å². The zero-order chi connectivity index (χ0) is 14.6. The van der Waals surface area contributed by atoms with Crippen LogP contribution in [-0.2, 0) is 9.84 Å². The van der Waals surface area contributed by atoms with E-state index in [0.29, 0.717) is 17.0 Å². The summed E-state index contributed by atoms with van der Waals surface area (Å²) in [6, 6.07) is 6.43. The number of piperazine rings is 1. The summed E-state index contributed by atoms with van der Waals surface area (Å²) in [6.07, 6.45) is 0.677. The van der Waals surface area contributed by atoms with Crippen molar-refractivity contribution in [1.29, 1.82) is 0 Å². The normalized spacial score (nSPS) is 18.2. The molecule has 1 aliphatic rings. The van der Waals surface area contributed by atoms with Gasteiger partial charge in [0.05, 0.1) is 10.6 Å². The molecule has 2 N–H and O–H groups in total. The summed E-state index contributed by atoms with van der Waals surface area (Å²) in [4.78, 5) is 4.99. The molecule has 112 valence electrons. The van der Waals surface area contributed by atoms with Gasteiger partial charge >= 0.3 is 0 Å². The Labute approximate surface area is 121 Å². The monoisotopic (exact) mass is 297 g/mol. The van der Waals surface area contributed by atoms with Gasteiger partial charge in [-0.2, -0.15) is 0 Å². The first-order chi connectivity index (χ1) is 9.47. The lowest BCUT2D eigenvalue weighted by Gasteiger charge is -2.32. The van der Waals surface area contributed by atoms with Crippen LogP contribution in [0, 0.1) is 0 Å². The molecule has 1 aromatic rings. The standard InChI is InChI=1S/C14H23N3O2S/c1-16-8-10-17(11-9-16)7-2-12-20(18,19)14-5-3-13(15)4-6-14/h3-6H,2,7-12,15H2,1H3. The Bertz CT molecular complexity index is 520. The van der Waals surface area contributed by atoms with Gasteiger partial charge in [-0.15, -0.1) is 0 Å². The Morgan fingerprint density at radius 3 is 2.30 bits per heavy atom. The van der Waals surface area contributed by atoms with Crippen molar-refractivity contribution in [2.45, 2.75) is 11.3 Å². The number of hydrogen-bond acceptors (Lipinski definition) is 5. The molecule has 20 heavy (non-hydrogen) atoms. The summed E-state index contributed by atoms with van der Waals surface area (Å²) >= 11 is 0. The molecule has 0 spiro atoms. The van der Waals surface area contributed by atoms with E-state index in [1.54, 1.807) is 24.3 Å². The number of rotatable bonds is 5. The number of anilines is 1. The highest BCUT2D eigenvalue weighted by atomic mass is 32.2. The van der Waals surface area contributed by atoms with E-state index in [2.05, 4.69) is 16.8 Å². The van der Waals surface area contributed by atoms with Gasteiger partial charge in [-0.1, -0.05) is 0 Å². The van der Waals surface area contributed by atoms with Crippen LogP contribution in [0.15, 0.2) is 29.2 Å². The summed E-state index contributed by atoms with van der Waals surface area (Å²) in [5.41, 5.74) is 6.16. The summed E-state index contributed by atoms with van der Waals surface area (Å²) in [6.45, 7) is 5.02. The van der Waals surface area contributed by atoms with Crippen molar-refractivity contribution in [3.63, 3.8) is 0 Å². The van der Waals surface area contributed by atoms with Gasteiger partial charge in [0.25, 0.3) is 0 Å². The van der Waals surface area contributed by atoms with Crippen LogP contribution in [0.4, 0.5) is 5.69 Å². The van der Waals surface area contributed by atoms with E-state index in [9.17, 15) is 8.42 Å². The molecule has 1 heterocycles. The fraction of sp³-hybridized carbons (Fsp3) is 0.571. The Hall–Kier alpha value is -1.11. The van der Waals surface area contributed by atoms with E-state index in [0.717, 1.165) is 32.7 Å². The minimum Gasteiger partial charge on any atom is -0.399 e. The van der Waals surface area contributed by atoms with Crippen LogP contribution in [-0.4, -0.2) is 63.7 Å². The smallest absolute Gasteiger partial charge is 0.178 e. The van der Waals surface area contributed by atoms with Crippen LogP contribution in [0.2, 0.25) is 0 Å². The molecular formula is C14H23N3O2S. The van der Waals surface area contributed by atoms with E-state index in [1.165, 1.54) is 0 Å². The lowest BCUT2D eigenvalue weighted by atomic mass is 10.3. The molecule has 0 bridgehead atoms. The highest BCUT2D eigenvalue weighted by Crippen LogP contribution is 2.14. The van der Waals surface area contributed by atoms with Gasteiger partial charge in [0.1, 0.15) is 0 Å². The average Bonchev–Trinajstić information content (AvgIpc) is 2.41. The fourth-order valence-corrected chi connectivity index (χ4v) is 3.64. The predicted molar refractivity (Wildman–Crippen MR) is 81.5 cm³/mol. The van der Waals surface area contributed by atoms with Crippen LogP contribution in [0.5, 0.6) is 0 Å². The van der Waals surface area contributed by atoms with Crippen LogP contribution >= 0.6 is 0 Å². The molecule has 0 saturated carbocycles. The van der Waals surface area contributed by atoms with Crippen molar-refractivity contribution < 1.29 is 8.42 Å². The molecular weight excluding hydrogens is 274 g/mol. The van der Waals surface area contributed by atoms with Crippen molar-refractivity contribution in [2.75, 3.05) is 51.3 Å². The average molecular weight is 297 g/mol. The van der Waals surface area contributed by atoms with Gasteiger partial charge in [0, 0.05) is 31.9 Å². The van der Waals surface area contributed by atoms with E-state index in [4.69, 9.17) is 5.73 Å². The highest BCUT2D eigenvalue weighted by molar-refractivity contribution is 7.91. The molecule has 0 aliphatic carbocycles. The molecule has 1 aliphatic heterocycles. The lowest BCUT2D eigenvalue weighted by Crippen LogP contribution is -2.44. The minimum atomic E-state index is -3.18. The first-order valence-electron chi connectivity index (χ1n) is 6.96. The van der Waals surface area contributed by atoms with E-state index < -0.39 is 9.84 Å². The number of nitrogen functional groups attached to an aromatic ring is 1. The third-order valence-electron chi connectivity index (χ3n) is 3.72. The van der Waals surface area contributed by atoms with Crippen molar-refractivity contribution >= 4 is 15.5 Å². The van der Waals surface area contributed by atoms with Crippen LogP contribution in [0.1, 0.15) is 6.42 Å². The molecule has 0 unspecified atom stereocenters. The Morgan fingerprint density at radius 2 is 1.70 bits per heavy atom. The zero-order valence-electron chi connectivity index (χ0n) is 12.0. The largest absolute Gasteiger partial charge is 0.399 e. The van der Waals surface area contributed by atoms with Crippen molar-refractivity contribution in [3.8, 4) is 0 Å². The number of benzene rings is 1. The first-order valence-corrected chi connectivity index (χ1v) is 8.62. The lowest BCUT2D eigenvalue weighted by molar-refractivity contribution is 0.154. The molecule has 1 fully saturated rings. The molecule has 0 aromatic heterocycles. The quantitative estimate of drug-likeness (QED) is 0.810. The molecule has 2 rings (SSSR count). The highest BCUT2D eigenvalue weighted by Gasteiger charge is 2.17. The van der Waals surface area contributed by atoms with Gasteiger partial charge in [-0.3, -0.25) is 0 Å². The Balaban J connectivity index is 1.82. The number of likely N-dealkylation sites (N-methyl/N-ethyl adjacent to an activating group) is 1. The second-order valence-corrected chi connectivity index (χ2v) is 7.50. The minimum absolute atomic E-state index is 0.198. The van der Waals surface area contributed by atoms with Crippen molar-refractivity contribution in [2.24, 2.45) is 0 Å². The fourth-order valence-electron chi connectivity index (χ4n) is 2.34. The van der Waals surface area contributed by atoms with E-state index in [-0.39, 0.29) is 5.75 Å². The molecule has 6 heteroatoms. The van der Waals surface area contributed by atoms with Gasteiger partial charge < -0.3 is 15.5 Å². The van der Waals surface area contributed by atoms with Gasteiger partial charge in [-0.05, 0) is 44.3 Å². The molecule has 0 atom stereocenters. The summed E-state index contributed by atoms with van der Waals surface area (Å²) in [5.74, 6) is 0.198. The molecule has 0 radical (unpaired) electrons. The van der Waals surface area contributed by atoms with Crippen LogP contribution in [0.3, 0.4) is 0 Å². The number of nitrogens with zero attached hydrogens (tertiary/aromatic N) is 2. The summed E-state index contributed by atoms with van der Waals surface area (Å²) in [5, 5.41) is 0. The Kier molecular flexibility index (Phi) is 5.01. The number of nitrogens with two attached hydrogens (primary N) is 1. The second-order valence-electron chi connectivity index (χ2n) is 5.39. The molecule has 1 aromatic carbocycles. The maximum atomic E-state index is 12.2. The number of sulfone groups is 1. The van der Waals surface area contributed by atoms with Gasteiger partial charge in [0.15, 0.2) is 9.84 Å². The van der Waals surface area contributed by atoms with Gasteiger partial charge in [-0.25, -0.2) is 8.42 Å². The first kappa shape index (κ1) is 15.3. The summed E-state index contributed by atoms with van der Waals surface area (Å²) < 4.78 is 24.3.